The van der Waals surface area contributed by atoms with Gasteiger partial charge in [-0.15, -0.1) is 0 Å². The fourth-order valence-corrected chi connectivity index (χ4v) is 3.20. The van der Waals surface area contributed by atoms with E-state index in [-0.39, 0.29) is 5.91 Å². The van der Waals surface area contributed by atoms with Gasteiger partial charge in [0.05, 0.1) is 11.4 Å². The molecule has 0 N–H and O–H groups in total. The van der Waals surface area contributed by atoms with E-state index < -0.39 is 0 Å². The molecule has 1 fully saturated rings. The molecule has 0 radical (unpaired) electrons. The molecule has 122 valence electrons. The number of aromatic nitrogens is 4. The maximum Gasteiger partial charge on any atom is 0.219 e. The molecule has 0 spiro atoms. The van der Waals surface area contributed by atoms with Gasteiger partial charge in [-0.3, -0.25) is 9.48 Å². The SMILES string of the molecule is CCn1nccc1-c1cc(CC2CCN(C(C)=O)CC2)ncn1. The zero-order valence-electron chi connectivity index (χ0n) is 13.8. The van der Waals surface area contributed by atoms with Crippen molar-refractivity contribution in [3.8, 4) is 11.4 Å². The zero-order chi connectivity index (χ0) is 16.2. The standard InChI is InChI=1S/C17H23N5O/c1-3-22-17(4-7-20-22)16-11-15(18-12-19-16)10-14-5-8-21(9-6-14)13(2)23/h4,7,11-12,14H,3,5-6,8-10H2,1-2H3. The third-order valence-electron chi connectivity index (χ3n) is 4.56. The van der Waals surface area contributed by atoms with Gasteiger partial charge < -0.3 is 4.90 Å². The van der Waals surface area contributed by atoms with Crippen molar-refractivity contribution < 1.29 is 4.79 Å². The highest BCUT2D eigenvalue weighted by Gasteiger charge is 2.21. The summed E-state index contributed by atoms with van der Waals surface area (Å²) in [5, 5.41) is 4.30. The molecule has 6 heteroatoms. The summed E-state index contributed by atoms with van der Waals surface area (Å²) in [5.74, 6) is 0.769. The monoisotopic (exact) mass is 313 g/mol. The first kappa shape index (κ1) is 15.6. The van der Waals surface area contributed by atoms with Gasteiger partial charge in [0, 0.05) is 38.4 Å². The number of carbonyl (C=O) groups is 1. The Bertz CT molecular complexity index is 673. The van der Waals surface area contributed by atoms with Crippen LogP contribution >= 0.6 is 0 Å². The lowest BCUT2D eigenvalue weighted by Gasteiger charge is -2.31. The summed E-state index contributed by atoms with van der Waals surface area (Å²) in [6.07, 6.45) is 6.49. The van der Waals surface area contributed by atoms with E-state index >= 15 is 0 Å². The lowest BCUT2D eigenvalue weighted by Crippen LogP contribution is -2.37. The van der Waals surface area contributed by atoms with Crippen LogP contribution in [-0.4, -0.2) is 43.6 Å². The Labute approximate surface area is 136 Å². The van der Waals surface area contributed by atoms with E-state index in [1.54, 1.807) is 19.4 Å². The Balaban J connectivity index is 1.68. The summed E-state index contributed by atoms with van der Waals surface area (Å²) in [6, 6.07) is 4.06. The second-order valence-electron chi connectivity index (χ2n) is 6.08. The second kappa shape index (κ2) is 6.89. The molecule has 3 rings (SSSR count). The molecule has 23 heavy (non-hydrogen) atoms. The van der Waals surface area contributed by atoms with Crippen molar-refractivity contribution in [2.75, 3.05) is 13.1 Å². The molecule has 0 atom stereocenters. The van der Waals surface area contributed by atoms with E-state index in [0.717, 1.165) is 56.0 Å². The summed E-state index contributed by atoms with van der Waals surface area (Å²) < 4.78 is 1.94. The summed E-state index contributed by atoms with van der Waals surface area (Å²) in [4.78, 5) is 22.2. The van der Waals surface area contributed by atoms with Gasteiger partial charge in [0.25, 0.3) is 0 Å². The third-order valence-corrected chi connectivity index (χ3v) is 4.56. The van der Waals surface area contributed by atoms with Gasteiger partial charge >= 0.3 is 0 Å². The Morgan fingerprint density at radius 2 is 2.09 bits per heavy atom. The van der Waals surface area contributed by atoms with Crippen molar-refractivity contribution in [3.05, 3.63) is 30.4 Å². The molecule has 1 amide bonds. The quantitative estimate of drug-likeness (QED) is 0.867. The number of rotatable bonds is 4. The highest BCUT2D eigenvalue weighted by atomic mass is 16.2. The fourth-order valence-electron chi connectivity index (χ4n) is 3.20. The van der Waals surface area contributed by atoms with Crippen LogP contribution in [0.1, 0.15) is 32.4 Å². The molecular formula is C17H23N5O. The summed E-state index contributed by atoms with van der Waals surface area (Å²) in [5.41, 5.74) is 3.03. The first-order valence-electron chi connectivity index (χ1n) is 8.26. The largest absolute Gasteiger partial charge is 0.343 e. The first-order chi connectivity index (χ1) is 11.2. The minimum absolute atomic E-state index is 0.181. The van der Waals surface area contributed by atoms with Crippen LogP contribution in [0.4, 0.5) is 0 Å². The van der Waals surface area contributed by atoms with E-state index in [4.69, 9.17) is 0 Å². The van der Waals surface area contributed by atoms with Crippen molar-refractivity contribution in [2.24, 2.45) is 5.92 Å². The summed E-state index contributed by atoms with van der Waals surface area (Å²) in [6.45, 7) is 6.27. The van der Waals surface area contributed by atoms with Gasteiger partial charge in [-0.2, -0.15) is 5.10 Å². The fraction of sp³-hybridized carbons (Fsp3) is 0.529. The molecule has 2 aromatic rings. The van der Waals surface area contributed by atoms with Gasteiger partial charge in [-0.05, 0) is 44.2 Å². The zero-order valence-corrected chi connectivity index (χ0v) is 13.8. The minimum atomic E-state index is 0.181. The van der Waals surface area contributed by atoms with Crippen molar-refractivity contribution in [1.82, 2.24) is 24.6 Å². The van der Waals surface area contributed by atoms with Crippen LogP contribution in [-0.2, 0) is 17.8 Å². The van der Waals surface area contributed by atoms with Crippen LogP contribution in [0.2, 0.25) is 0 Å². The summed E-state index contributed by atoms with van der Waals surface area (Å²) in [7, 11) is 0. The Hall–Kier alpha value is -2.24. The maximum atomic E-state index is 11.4. The van der Waals surface area contributed by atoms with Crippen molar-refractivity contribution in [3.63, 3.8) is 0 Å². The van der Waals surface area contributed by atoms with Crippen LogP contribution in [0.3, 0.4) is 0 Å². The molecule has 0 aliphatic carbocycles. The molecule has 0 saturated carbocycles. The molecule has 0 unspecified atom stereocenters. The van der Waals surface area contributed by atoms with Crippen LogP contribution in [0.5, 0.6) is 0 Å². The van der Waals surface area contributed by atoms with Crippen LogP contribution in [0.15, 0.2) is 24.7 Å². The maximum absolute atomic E-state index is 11.4. The lowest BCUT2D eigenvalue weighted by atomic mass is 9.92. The number of piperidine rings is 1. The predicted molar refractivity (Wildman–Crippen MR) is 87.6 cm³/mol. The Morgan fingerprint density at radius 1 is 1.30 bits per heavy atom. The molecule has 6 nitrogen and oxygen atoms in total. The molecule has 0 aromatic carbocycles. The van der Waals surface area contributed by atoms with Crippen molar-refractivity contribution in [1.29, 1.82) is 0 Å². The number of hydrogen-bond acceptors (Lipinski definition) is 4. The molecular weight excluding hydrogens is 290 g/mol. The van der Waals surface area contributed by atoms with E-state index in [9.17, 15) is 4.79 Å². The number of aryl methyl sites for hydroxylation is 1. The van der Waals surface area contributed by atoms with Crippen molar-refractivity contribution in [2.45, 2.75) is 39.7 Å². The van der Waals surface area contributed by atoms with E-state index in [0.29, 0.717) is 5.92 Å². The number of nitrogens with zero attached hydrogens (tertiary/aromatic N) is 5. The van der Waals surface area contributed by atoms with Crippen molar-refractivity contribution >= 4 is 5.91 Å². The number of hydrogen-bond donors (Lipinski definition) is 0. The van der Waals surface area contributed by atoms with Crippen LogP contribution in [0, 0.1) is 5.92 Å². The van der Waals surface area contributed by atoms with Crippen LogP contribution < -0.4 is 0 Å². The smallest absolute Gasteiger partial charge is 0.219 e. The number of carbonyl (C=O) groups excluding carboxylic acids is 1. The molecule has 3 heterocycles. The highest BCUT2D eigenvalue weighted by Crippen LogP contribution is 2.23. The molecule has 1 aliphatic rings. The van der Waals surface area contributed by atoms with E-state index in [1.807, 2.05) is 15.6 Å². The minimum Gasteiger partial charge on any atom is -0.343 e. The van der Waals surface area contributed by atoms with Gasteiger partial charge in [-0.1, -0.05) is 0 Å². The molecule has 0 bridgehead atoms. The average molecular weight is 313 g/mol. The van der Waals surface area contributed by atoms with Gasteiger partial charge in [0.15, 0.2) is 0 Å². The Morgan fingerprint density at radius 3 is 2.78 bits per heavy atom. The second-order valence-corrected chi connectivity index (χ2v) is 6.08. The average Bonchev–Trinajstić information content (AvgIpc) is 3.04. The van der Waals surface area contributed by atoms with Gasteiger partial charge in [0.1, 0.15) is 6.33 Å². The molecule has 1 aliphatic heterocycles. The number of likely N-dealkylation sites (tertiary alicyclic amines) is 1. The normalized spacial score (nSPS) is 15.8. The molecule has 2 aromatic heterocycles. The molecule has 1 saturated heterocycles. The van der Waals surface area contributed by atoms with E-state index in [1.165, 1.54) is 0 Å². The third kappa shape index (κ3) is 3.57. The Kier molecular flexibility index (Phi) is 4.69. The predicted octanol–water partition coefficient (Wildman–Crippen LogP) is 2.16. The summed E-state index contributed by atoms with van der Waals surface area (Å²) >= 11 is 0. The number of amides is 1. The topological polar surface area (TPSA) is 63.9 Å². The first-order valence-corrected chi connectivity index (χ1v) is 8.26. The van der Waals surface area contributed by atoms with Gasteiger partial charge in [0.2, 0.25) is 5.91 Å². The van der Waals surface area contributed by atoms with Crippen LogP contribution in [0.25, 0.3) is 11.4 Å². The lowest BCUT2D eigenvalue weighted by molar-refractivity contribution is -0.130. The van der Waals surface area contributed by atoms with E-state index in [2.05, 4.69) is 28.1 Å². The van der Waals surface area contributed by atoms with Gasteiger partial charge in [-0.25, -0.2) is 9.97 Å². The highest BCUT2D eigenvalue weighted by molar-refractivity contribution is 5.73.